The van der Waals surface area contributed by atoms with Gasteiger partial charge in [-0.1, -0.05) is 0 Å². The van der Waals surface area contributed by atoms with Crippen molar-refractivity contribution in [2.75, 3.05) is 30.3 Å². The van der Waals surface area contributed by atoms with E-state index in [-0.39, 0.29) is 10.6 Å². The highest BCUT2D eigenvalue weighted by Crippen LogP contribution is 2.39. The summed E-state index contributed by atoms with van der Waals surface area (Å²) in [5.41, 5.74) is 7.45. The largest absolute Gasteiger partial charge is 0.389 e. The quantitative estimate of drug-likeness (QED) is 0.578. The molecule has 2 aromatic rings. The summed E-state index contributed by atoms with van der Waals surface area (Å²) in [6.45, 7) is 1.75. The minimum Gasteiger partial charge on any atom is -0.389 e. The van der Waals surface area contributed by atoms with Crippen molar-refractivity contribution in [3.8, 4) is 6.07 Å². The molecule has 1 fully saturated rings. The molecule has 2 aliphatic heterocycles. The van der Waals surface area contributed by atoms with Gasteiger partial charge in [0.1, 0.15) is 16.8 Å². The molecule has 1 aromatic heterocycles. The highest BCUT2D eigenvalue weighted by Gasteiger charge is 2.32. The topological polar surface area (TPSA) is 134 Å². The van der Waals surface area contributed by atoms with Gasteiger partial charge >= 0.3 is 0 Å². The predicted octanol–water partition coefficient (Wildman–Crippen LogP) is 2.46. The van der Waals surface area contributed by atoms with Crippen LogP contribution in [0.1, 0.15) is 28.8 Å². The molecule has 0 amide bonds. The number of nitrogens with two attached hydrogens (primary N) is 1. The fourth-order valence-electron chi connectivity index (χ4n) is 3.91. The summed E-state index contributed by atoms with van der Waals surface area (Å²) in [7, 11) is -3.74. The third-order valence-corrected chi connectivity index (χ3v) is 8.32. The number of anilines is 2. The van der Waals surface area contributed by atoms with E-state index in [4.69, 9.17) is 5.73 Å². The first-order chi connectivity index (χ1) is 13.8. The lowest BCUT2D eigenvalue weighted by atomic mass is 10.0. The van der Waals surface area contributed by atoms with E-state index in [1.54, 1.807) is 0 Å². The second kappa shape index (κ2) is 7.29. The van der Waals surface area contributed by atoms with E-state index >= 15 is 0 Å². The average Bonchev–Trinajstić information content (AvgIpc) is 3.34. The number of nitrogens with zero attached hydrogens (tertiary/aromatic N) is 4. The summed E-state index contributed by atoms with van der Waals surface area (Å²) in [4.78, 5) is 13.9. The maximum Gasteiger partial charge on any atom is 0.293 e. The van der Waals surface area contributed by atoms with Crippen LogP contribution in [0.15, 0.2) is 23.1 Å². The lowest BCUT2D eigenvalue weighted by molar-refractivity contribution is -0.384. The number of hydrogen-bond acceptors (Lipinski definition) is 8. The third kappa shape index (κ3) is 3.33. The van der Waals surface area contributed by atoms with Crippen molar-refractivity contribution in [2.24, 2.45) is 0 Å². The molecule has 0 saturated carbocycles. The molecule has 4 rings (SSSR count). The van der Waals surface area contributed by atoms with Crippen LogP contribution in [-0.4, -0.2) is 37.3 Å². The van der Waals surface area contributed by atoms with Crippen molar-refractivity contribution in [2.45, 2.75) is 30.7 Å². The zero-order valence-corrected chi connectivity index (χ0v) is 17.1. The van der Waals surface area contributed by atoms with Gasteiger partial charge in [0.05, 0.1) is 21.9 Å². The first kappa shape index (κ1) is 19.6. The smallest absolute Gasteiger partial charge is 0.293 e. The molecule has 11 heteroatoms. The molecular formula is C18H19N5O4S2. The van der Waals surface area contributed by atoms with Gasteiger partial charge in [-0.05, 0) is 37.0 Å². The molecule has 2 N–H and O–H groups in total. The van der Waals surface area contributed by atoms with Gasteiger partial charge in [0.15, 0.2) is 0 Å². The molecule has 9 nitrogen and oxygen atoms in total. The highest BCUT2D eigenvalue weighted by atomic mass is 32.2. The summed E-state index contributed by atoms with van der Waals surface area (Å²) >= 11 is 1.32. The summed E-state index contributed by atoms with van der Waals surface area (Å²) in [5.74, 6) is 0. The zero-order chi connectivity index (χ0) is 20.8. The number of thiophene rings is 1. The number of benzene rings is 1. The Morgan fingerprint density at radius 1 is 1.24 bits per heavy atom. The molecule has 1 saturated heterocycles. The molecule has 152 valence electrons. The highest BCUT2D eigenvalue weighted by molar-refractivity contribution is 7.89. The Morgan fingerprint density at radius 2 is 1.97 bits per heavy atom. The van der Waals surface area contributed by atoms with Crippen molar-refractivity contribution in [3.63, 3.8) is 0 Å². The van der Waals surface area contributed by atoms with Gasteiger partial charge in [0.25, 0.3) is 5.69 Å². The van der Waals surface area contributed by atoms with Crippen molar-refractivity contribution < 1.29 is 13.3 Å². The Labute approximate surface area is 172 Å². The van der Waals surface area contributed by atoms with Crippen molar-refractivity contribution in [3.05, 3.63) is 44.3 Å². The van der Waals surface area contributed by atoms with E-state index in [1.165, 1.54) is 27.8 Å². The molecule has 0 aliphatic carbocycles. The summed E-state index contributed by atoms with van der Waals surface area (Å²) in [6.07, 6.45) is 2.14. The van der Waals surface area contributed by atoms with Gasteiger partial charge < -0.3 is 10.6 Å². The predicted molar refractivity (Wildman–Crippen MR) is 109 cm³/mol. The SMILES string of the molecule is N#Cc1c(N)sc2c1CCN(c1ccc(S(=O)(=O)N3CCCC3)cc1[N+](=O)[O-])C2. The van der Waals surface area contributed by atoms with Crippen LogP contribution in [0.2, 0.25) is 0 Å². The van der Waals surface area contributed by atoms with Crippen LogP contribution in [0.3, 0.4) is 0 Å². The van der Waals surface area contributed by atoms with E-state index in [0.29, 0.717) is 48.9 Å². The maximum atomic E-state index is 12.8. The minimum atomic E-state index is -3.74. The van der Waals surface area contributed by atoms with E-state index in [0.717, 1.165) is 29.3 Å². The van der Waals surface area contributed by atoms with Crippen LogP contribution in [0.5, 0.6) is 0 Å². The fourth-order valence-corrected chi connectivity index (χ4v) is 6.53. The van der Waals surface area contributed by atoms with Crippen LogP contribution >= 0.6 is 11.3 Å². The second-order valence-corrected chi connectivity index (χ2v) is 10.1. The lowest BCUT2D eigenvalue weighted by Gasteiger charge is -2.29. The molecule has 29 heavy (non-hydrogen) atoms. The van der Waals surface area contributed by atoms with Gasteiger partial charge in [0.2, 0.25) is 10.0 Å². The third-order valence-electron chi connectivity index (χ3n) is 5.38. The summed E-state index contributed by atoms with van der Waals surface area (Å²) in [6, 6.07) is 6.23. The summed E-state index contributed by atoms with van der Waals surface area (Å²) in [5, 5.41) is 21.5. The molecule has 0 radical (unpaired) electrons. The van der Waals surface area contributed by atoms with Gasteiger partial charge in [0, 0.05) is 30.6 Å². The maximum absolute atomic E-state index is 12.8. The number of nitriles is 1. The Bertz CT molecular complexity index is 1130. The molecule has 1 aromatic carbocycles. The van der Waals surface area contributed by atoms with Gasteiger partial charge in [-0.2, -0.15) is 9.57 Å². The van der Waals surface area contributed by atoms with Crippen molar-refractivity contribution in [1.29, 1.82) is 5.26 Å². The first-order valence-electron chi connectivity index (χ1n) is 9.16. The van der Waals surface area contributed by atoms with Crippen LogP contribution in [0.4, 0.5) is 16.4 Å². The molecular weight excluding hydrogens is 414 g/mol. The number of sulfonamides is 1. The Kier molecular flexibility index (Phi) is 4.94. The van der Waals surface area contributed by atoms with Gasteiger partial charge in [-0.15, -0.1) is 11.3 Å². The number of rotatable bonds is 4. The number of nitro groups is 1. The van der Waals surface area contributed by atoms with E-state index in [1.807, 2.05) is 4.90 Å². The standard InChI is InChI=1S/C18H19N5O4S2/c19-10-14-13-5-8-21(11-17(13)28-18(14)20)15-4-3-12(9-16(15)23(24)25)29(26,27)22-6-1-2-7-22/h3-4,9H,1-2,5-8,11,20H2. The van der Waals surface area contributed by atoms with Crippen LogP contribution in [-0.2, 0) is 23.0 Å². The number of fused-ring (bicyclic) bond motifs is 1. The van der Waals surface area contributed by atoms with Crippen LogP contribution in [0.25, 0.3) is 0 Å². The molecule has 0 unspecified atom stereocenters. The van der Waals surface area contributed by atoms with Gasteiger partial charge in [-0.25, -0.2) is 8.42 Å². The summed E-state index contributed by atoms with van der Waals surface area (Å²) < 4.78 is 26.9. The Morgan fingerprint density at radius 3 is 2.62 bits per heavy atom. The normalized spacial score (nSPS) is 17.1. The molecule has 2 aliphatic rings. The van der Waals surface area contributed by atoms with Crippen LogP contribution in [0, 0.1) is 21.4 Å². The average molecular weight is 434 g/mol. The fraction of sp³-hybridized carbons (Fsp3) is 0.389. The van der Waals surface area contributed by atoms with Crippen LogP contribution < -0.4 is 10.6 Å². The lowest BCUT2D eigenvalue weighted by Crippen LogP contribution is -2.31. The number of nitrogen functional groups attached to an aromatic ring is 1. The minimum absolute atomic E-state index is 0.0558. The first-order valence-corrected chi connectivity index (χ1v) is 11.4. The molecule has 0 atom stereocenters. The van der Waals surface area contributed by atoms with E-state index in [2.05, 4.69) is 6.07 Å². The van der Waals surface area contributed by atoms with Crippen molar-refractivity contribution in [1.82, 2.24) is 4.31 Å². The Balaban J connectivity index is 1.69. The van der Waals surface area contributed by atoms with E-state index < -0.39 is 14.9 Å². The molecule has 0 spiro atoms. The van der Waals surface area contributed by atoms with Gasteiger partial charge in [-0.3, -0.25) is 10.1 Å². The molecule has 0 bridgehead atoms. The number of hydrogen-bond donors (Lipinski definition) is 1. The molecule has 3 heterocycles. The zero-order valence-electron chi connectivity index (χ0n) is 15.5. The van der Waals surface area contributed by atoms with Crippen molar-refractivity contribution >= 4 is 37.7 Å². The second-order valence-electron chi connectivity index (χ2n) is 7.05. The Hall–Kier alpha value is -2.68. The monoisotopic (exact) mass is 433 g/mol. The van der Waals surface area contributed by atoms with E-state index in [9.17, 15) is 23.8 Å². The number of nitro benzene ring substituents is 1.